The van der Waals surface area contributed by atoms with Crippen molar-refractivity contribution in [3.8, 4) is 11.4 Å². The highest BCUT2D eigenvalue weighted by molar-refractivity contribution is 7.12. The molecule has 9 nitrogen and oxygen atoms in total. The van der Waals surface area contributed by atoms with E-state index >= 15 is 0 Å². The van der Waals surface area contributed by atoms with Gasteiger partial charge >= 0.3 is 5.97 Å². The van der Waals surface area contributed by atoms with Crippen LogP contribution in [0.1, 0.15) is 56.3 Å². The average Bonchev–Trinajstić information content (AvgIpc) is 3.46. The third-order valence-corrected chi connectivity index (χ3v) is 7.37. The minimum Gasteiger partial charge on any atom is -0.469 e. The van der Waals surface area contributed by atoms with Crippen LogP contribution in [0.5, 0.6) is 0 Å². The Morgan fingerprint density at radius 1 is 1.17 bits per heavy atom. The number of pyridine rings is 1. The first-order chi connectivity index (χ1) is 16.7. The predicted molar refractivity (Wildman–Crippen MR) is 133 cm³/mol. The molecule has 2 amide bonds. The lowest BCUT2D eigenvalue weighted by molar-refractivity contribution is -0.151. The second kappa shape index (κ2) is 10.4. The van der Waals surface area contributed by atoms with Crippen molar-refractivity contribution in [1.29, 1.82) is 0 Å². The first-order valence-corrected chi connectivity index (χ1v) is 12.9. The lowest BCUT2D eigenvalue weighted by Gasteiger charge is -2.41. The van der Waals surface area contributed by atoms with Gasteiger partial charge in [-0.25, -0.2) is 4.98 Å². The maximum Gasteiger partial charge on any atom is 0.310 e. The number of rotatable bonds is 6. The van der Waals surface area contributed by atoms with Gasteiger partial charge in [-0.15, -0.1) is 11.3 Å². The Kier molecular flexibility index (Phi) is 7.51. The zero-order chi connectivity index (χ0) is 25.2. The van der Waals surface area contributed by atoms with Crippen LogP contribution < -0.4 is 10.6 Å². The van der Waals surface area contributed by atoms with Gasteiger partial charge in [0.25, 0.3) is 5.91 Å². The molecule has 1 aliphatic carbocycles. The normalized spacial score (nSPS) is 24.9. The van der Waals surface area contributed by atoms with Crippen molar-refractivity contribution in [2.24, 2.45) is 5.92 Å². The van der Waals surface area contributed by atoms with E-state index in [0.29, 0.717) is 37.2 Å². The number of hydrogen-bond donors (Lipinski definition) is 2. The molecule has 1 saturated carbocycles. The maximum atomic E-state index is 13.3. The fourth-order valence-electron chi connectivity index (χ4n) is 5.07. The summed E-state index contributed by atoms with van der Waals surface area (Å²) in [6.45, 7) is 6.80. The molecule has 2 aliphatic rings. The highest BCUT2D eigenvalue weighted by Gasteiger charge is 2.45. The number of amides is 2. The highest BCUT2D eigenvalue weighted by atomic mass is 32.1. The Hall–Kier alpha value is -2.85. The second-order valence-electron chi connectivity index (χ2n) is 10.2. The number of thiazole rings is 1. The van der Waals surface area contributed by atoms with Gasteiger partial charge in [0.15, 0.2) is 5.01 Å². The van der Waals surface area contributed by atoms with Crippen LogP contribution in [0.25, 0.3) is 11.4 Å². The number of methoxy groups -OCH3 is 1. The van der Waals surface area contributed by atoms with Gasteiger partial charge in [-0.05, 0) is 58.6 Å². The quantitative estimate of drug-likeness (QED) is 0.588. The zero-order valence-corrected chi connectivity index (χ0v) is 21.4. The molecule has 10 heteroatoms. The molecule has 2 aromatic rings. The van der Waals surface area contributed by atoms with Crippen LogP contribution in [0.4, 0.5) is 0 Å². The summed E-state index contributed by atoms with van der Waals surface area (Å²) in [5.74, 6) is -1.21. The van der Waals surface area contributed by atoms with E-state index in [9.17, 15) is 14.4 Å². The molecule has 2 N–H and O–H groups in total. The van der Waals surface area contributed by atoms with Crippen molar-refractivity contribution < 1.29 is 19.1 Å². The number of likely N-dealkylation sites (tertiary alicyclic amines) is 1. The van der Waals surface area contributed by atoms with Crippen LogP contribution in [0, 0.1) is 5.92 Å². The van der Waals surface area contributed by atoms with E-state index < -0.39 is 12.0 Å². The third kappa shape index (κ3) is 5.87. The van der Waals surface area contributed by atoms with E-state index in [1.807, 2.05) is 18.2 Å². The van der Waals surface area contributed by atoms with E-state index in [1.165, 1.54) is 18.4 Å². The topological polar surface area (TPSA) is 114 Å². The van der Waals surface area contributed by atoms with E-state index in [2.05, 4.69) is 41.4 Å². The molecule has 2 fully saturated rings. The molecule has 4 rings (SSSR count). The summed E-state index contributed by atoms with van der Waals surface area (Å²) in [5, 5.41) is 8.50. The molecule has 3 unspecified atom stereocenters. The van der Waals surface area contributed by atoms with Gasteiger partial charge < -0.3 is 20.3 Å². The monoisotopic (exact) mass is 499 g/mol. The minimum atomic E-state index is -0.631. The van der Waals surface area contributed by atoms with Crippen molar-refractivity contribution in [1.82, 2.24) is 25.5 Å². The van der Waals surface area contributed by atoms with Crippen molar-refractivity contribution in [3.63, 3.8) is 0 Å². The van der Waals surface area contributed by atoms with Crippen molar-refractivity contribution >= 4 is 29.1 Å². The largest absolute Gasteiger partial charge is 0.469 e. The van der Waals surface area contributed by atoms with Gasteiger partial charge in [0.2, 0.25) is 5.91 Å². The molecule has 188 valence electrons. The number of esters is 1. The molecule has 0 aromatic carbocycles. The lowest BCUT2D eigenvalue weighted by atomic mass is 9.80. The Balaban J connectivity index is 1.41. The fraction of sp³-hybridized carbons (Fsp3) is 0.560. The number of ether oxygens (including phenoxy) is 1. The third-order valence-electron chi connectivity index (χ3n) is 6.53. The number of hydrogen-bond acceptors (Lipinski definition) is 8. The van der Waals surface area contributed by atoms with Gasteiger partial charge in [0.05, 0.1) is 18.7 Å². The van der Waals surface area contributed by atoms with Crippen LogP contribution in [-0.4, -0.2) is 70.0 Å². The standard InChI is InChI=1S/C25H33N5O4S/c1-25(2,3)29-15-8-9-20(16(13-15)24(33)34-4)30-12-10-18(23(30)32)27-21(31)22-28-19(14-35-22)17-7-5-6-11-26-17/h5-7,11,14-16,18,20,29H,8-10,12-13H2,1-4H3,(H,27,31)/t15?,16?,18-,20?/m0/s1. The summed E-state index contributed by atoms with van der Waals surface area (Å²) in [5.41, 5.74) is 1.25. The molecule has 4 atom stereocenters. The summed E-state index contributed by atoms with van der Waals surface area (Å²) >= 11 is 1.22. The molecule has 0 radical (unpaired) electrons. The fourth-order valence-corrected chi connectivity index (χ4v) is 5.78. The van der Waals surface area contributed by atoms with Crippen molar-refractivity contribution in [2.45, 2.75) is 70.1 Å². The number of nitrogens with one attached hydrogen (secondary N) is 2. The Bertz CT molecular complexity index is 1070. The summed E-state index contributed by atoms with van der Waals surface area (Å²) < 4.78 is 5.09. The van der Waals surface area contributed by atoms with E-state index in [1.54, 1.807) is 16.5 Å². The Labute approximate surface area is 209 Å². The maximum absolute atomic E-state index is 13.3. The van der Waals surface area contributed by atoms with Crippen LogP contribution in [0.3, 0.4) is 0 Å². The molecule has 2 aromatic heterocycles. The van der Waals surface area contributed by atoms with E-state index in [0.717, 1.165) is 6.42 Å². The molecule has 0 spiro atoms. The summed E-state index contributed by atoms with van der Waals surface area (Å²) in [6, 6.07) is 4.83. The summed E-state index contributed by atoms with van der Waals surface area (Å²) in [4.78, 5) is 49.2. The van der Waals surface area contributed by atoms with E-state index in [-0.39, 0.29) is 40.4 Å². The van der Waals surface area contributed by atoms with Crippen LogP contribution in [-0.2, 0) is 14.3 Å². The summed E-state index contributed by atoms with van der Waals surface area (Å²) in [6.07, 6.45) is 4.36. The second-order valence-corrected chi connectivity index (χ2v) is 11.1. The number of aromatic nitrogens is 2. The summed E-state index contributed by atoms with van der Waals surface area (Å²) in [7, 11) is 1.39. The van der Waals surface area contributed by atoms with E-state index in [4.69, 9.17) is 4.74 Å². The molecule has 3 heterocycles. The Morgan fingerprint density at radius 3 is 2.66 bits per heavy atom. The Morgan fingerprint density at radius 2 is 1.97 bits per heavy atom. The molecule has 0 bridgehead atoms. The average molecular weight is 500 g/mol. The van der Waals surface area contributed by atoms with Crippen LogP contribution in [0.2, 0.25) is 0 Å². The molecule has 35 heavy (non-hydrogen) atoms. The van der Waals surface area contributed by atoms with Crippen LogP contribution in [0.15, 0.2) is 29.8 Å². The number of carbonyl (C=O) groups is 3. The molecule has 1 saturated heterocycles. The molecule has 1 aliphatic heterocycles. The zero-order valence-electron chi connectivity index (χ0n) is 20.6. The number of nitrogens with zero attached hydrogens (tertiary/aromatic N) is 3. The number of carbonyl (C=O) groups excluding carboxylic acids is 3. The first kappa shape index (κ1) is 25.2. The molecular formula is C25H33N5O4S. The van der Waals surface area contributed by atoms with Gasteiger partial charge in [0.1, 0.15) is 11.7 Å². The smallest absolute Gasteiger partial charge is 0.310 e. The van der Waals surface area contributed by atoms with Gasteiger partial charge in [0, 0.05) is 35.7 Å². The first-order valence-electron chi connectivity index (χ1n) is 12.0. The predicted octanol–water partition coefficient (Wildman–Crippen LogP) is 2.63. The van der Waals surface area contributed by atoms with Gasteiger partial charge in [-0.2, -0.15) is 0 Å². The lowest BCUT2D eigenvalue weighted by Crippen LogP contribution is -2.55. The van der Waals surface area contributed by atoms with Gasteiger partial charge in [-0.1, -0.05) is 6.07 Å². The molecular weight excluding hydrogens is 466 g/mol. The van der Waals surface area contributed by atoms with Crippen molar-refractivity contribution in [3.05, 3.63) is 34.8 Å². The van der Waals surface area contributed by atoms with Crippen LogP contribution >= 0.6 is 11.3 Å². The van der Waals surface area contributed by atoms with Gasteiger partial charge in [-0.3, -0.25) is 19.4 Å². The van der Waals surface area contributed by atoms with Crippen molar-refractivity contribution in [2.75, 3.05) is 13.7 Å². The highest BCUT2D eigenvalue weighted by Crippen LogP contribution is 2.33. The minimum absolute atomic E-state index is 0.0662. The SMILES string of the molecule is COC(=O)C1CC(NC(C)(C)C)CCC1N1CC[C@H](NC(=O)c2nc(-c3ccccn3)cs2)C1=O.